The van der Waals surface area contributed by atoms with Gasteiger partial charge in [-0.1, -0.05) is 25.7 Å². The minimum Gasteiger partial charge on any atom is -0.464 e. The Labute approximate surface area is 119 Å². The highest BCUT2D eigenvalue weighted by atomic mass is 16.5. The van der Waals surface area contributed by atoms with Crippen molar-refractivity contribution in [3.05, 3.63) is 0 Å². The topological polar surface area (TPSA) is 63.7 Å². The summed E-state index contributed by atoms with van der Waals surface area (Å²) in [5, 5.41) is 0. The zero-order chi connectivity index (χ0) is 14.4. The lowest BCUT2D eigenvalue weighted by Crippen LogP contribution is -2.37. The first-order chi connectivity index (χ1) is 9.70. The zero-order valence-electron chi connectivity index (χ0n) is 11.9. The van der Waals surface area contributed by atoms with Crippen molar-refractivity contribution in [2.75, 3.05) is 13.2 Å². The van der Waals surface area contributed by atoms with Gasteiger partial charge in [0.1, 0.15) is 12.9 Å². The molecular formula is C15H23NO4. The second-order valence-electron chi connectivity index (χ2n) is 5.74. The summed E-state index contributed by atoms with van der Waals surface area (Å²) >= 11 is 0. The van der Waals surface area contributed by atoms with Gasteiger partial charge in [0, 0.05) is 12.8 Å². The molecule has 0 aromatic rings. The van der Waals surface area contributed by atoms with E-state index in [-0.39, 0.29) is 24.5 Å². The van der Waals surface area contributed by atoms with Crippen molar-refractivity contribution in [2.45, 2.75) is 57.4 Å². The van der Waals surface area contributed by atoms with E-state index >= 15 is 0 Å². The average Bonchev–Trinajstić information content (AvgIpc) is 3.07. The lowest BCUT2D eigenvalue weighted by molar-refractivity contribution is -0.146. The maximum Gasteiger partial charge on any atom is 0.305 e. The molecule has 1 aliphatic heterocycles. The van der Waals surface area contributed by atoms with Gasteiger partial charge in [0.25, 0.3) is 0 Å². The maximum atomic E-state index is 11.6. The molecule has 0 bridgehead atoms. The molecule has 0 aromatic carbocycles. The SMILES string of the molecule is O=C[C@H]1CCC(=O)N1CCOC(=O)CCC1CCCC1. The number of hydrogen-bond donors (Lipinski definition) is 0. The zero-order valence-corrected chi connectivity index (χ0v) is 11.9. The molecule has 1 saturated heterocycles. The number of carbonyl (C=O) groups excluding carboxylic acids is 3. The van der Waals surface area contributed by atoms with Crippen molar-refractivity contribution in [3.63, 3.8) is 0 Å². The summed E-state index contributed by atoms with van der Waals surface area (Å²) in [5.74, 6) is 0.470. The van der Waals surface area contributed by atoms with Crippen LogP contribution in [0.2, 0.25) is 0 Å². The third kappa shape index (κ3) is 4.05. The molecule has 2 rings (SSSR count). The Kier molecular flexibility index (Phi) is 5.56. The Balaban J connectivity index is 1.60. The molecule has 1 aliphatic carbocycles. The highest BCUT2D eigenvalue weighted by Gasteiger charge is 2.30. The van der Waals surface area contributed by atoms with E-state index in [9.17, 15) is 14.4 Å². The molecule has 5 nitrogen and oxygen atoms in total. The van der Waals surface area contributed by atoms with Crippen molar-refractivity contribution in [1.29, 1.82) is 0 Å². The quantitative estimate of drug-likeness (QED) is 0.526. The highest BCUT2D eigenvalue weighted by Crippen LogP contribution is 2.28. The number of aldehydes is 1. The Hall–Kier alpha value is -1.39. The van der Waals surface area contributed by atoms with Gasteiger partial charge in [0.2, 0.25) is 5.91 Å². The first-order valence-electron chi connectivity index (χ1n) is 7.61. The summed E-state index contributed by atoms with van der Waals surface area (Å²) in [5.41, 5.74) is 0. The fourth-order valence-corrected chi connectivity index (χ4v) is 3.14. The van der Waals surface area contributed by atoms with Gasteiger partial charge in [-0.3, -0.25) is 9.59 Å². The van der Waals surface area contributed by atoms with E-state index in [0.29, 0.717) is 31.7 Å². The summed E-state index contributed by atoms with van der Waals surface area (Å²) in [4.78, 5) is 35.5. The van der Waals surface area contributed by atoms with E-state index in [4.69, 9.17) is 4.74 Å². The van der Waals surface area contributed by atoms with Gasteiger partial charge < -0.3 is 14.4 Å². The molecule has 20 heavy (non-hydrogen) atoms. The molecule has 0 N–H and O–H groups in total. The van der Waals surface area contributed by atoms with Crippen molar-refractivity contribution < 1.29 is 19.1 Å². The van der Waals surface area contributed by atoms with Crippen molar-refractivity contribution >= 4 is 18.2 Å². The molecule has 0 spiro atoms. The lowest BCUT2D eigenvalue weighted by atomic mass is 10.0. The standard InChI is InChI=1S/C15H23NO4/c17-11-13-6-7-14(18)16(13)9-10-20-15(19)8-5-12-3-1-2-4-12/h11-13H,1-10H2/t13-/m1/s1. The first-order valence-corrected chi connectivity index (χ1v) is 7.61. The van der Waals surface area contributed by atoms with E-state index in [1.807, 2.05) is 0 Å². The minimum atomic E-state index is -0.334. The van der Waals surface area contributed by atoms with E-state index in [2.05, 4.69) is 0 Å². The van der Waals surface area contributed by atoms with Crippen molar-refractivity contribution in [3.8, 4) is 0 Å². The molecule has 2 fully saturated rings. The van der Waals surface area contributed by atoms with Crippen LogP contribution < -0.4 is 0 Å². The number of rotatable bonds is 7. The highest BCUT2D eigenvalue weighted by molar-refractivity contribution is 5.83. The van der Waals surface area contributed by atoms with Crippen LogP contribution in [0.4, 0.5) is 0 Å². The molecule has 1 saturated carbocycles. The smallest absolute Gasteiger partial charge is 0.305 e. The van der Waals surface area contributed by atoms with Crippen LogP contribution in [0, 0.1) is 5.92 Å². The van der Waals surface area contributed by atoms with Gasteiger partial charge in [-0.2, -0.15) is 0 Å². The minimum absolute atomic E-state index is 0.0240. The first kappa shape index (κ1) is 15.0. The molecular weight excluding hydrogens is 258 g/mol. The predicted octanol–water partition coefficient (Wildman–Crippen LogP) is 1.69. The summed E-state index contributed by atoms with van der Waals surface area (Å²) in [6.45, 7) is 0.525. The fraction of sp³-hybridized carbons (Fsp3) is 0.800. The van der Waals surface area contributed by atoms with Gasteiger partial charge in [-0.05, 0) is 18.8 Å². The van der Waals surface area contributed by atoms with Crippen LogP contribution >= 0.6 is 0 Å². The Morgan fingerprint density at radius 1 is 1.30 bits per heavy atom. The molecule has 1 amide bonds. The fourth-order valence-electron chi connectivity index (χ4n) is 3.14. The molecule has 2 aliphatic rings. The van der Waals surface area contributed by atoms with Crippen LogP contribution in [-0.4, -0.2) is 42.3 Å². The van der Waals surface area contributed by atoms with E-state index < -0.39 is 0 Å². The molecule has 0 unspecified atom stereocenters. The van der Waals surface area contributed by atoms with Crippen LogP contribution in [-0.2, 0) is 19.1 Å². The average molecular weight is 281 g/mol. The third-order valence-electron chi connectivity index (χ3n) is 4.36. The monoisotopic (exact) mass is 281 g/mol. The molecule has 0 radical (unpaired) electrons. The number of esters is 1. The van der Waals surface area contributed by atoms with Gasteiger partial charge in [0.15, 0.2) is 0 Å². The molecule has 0 aromatic heterocycles. The summed E-state index contributed by atoms with van der Waals surface area (Å²) < 4.78 is 5.16. The second kappa shape index (κ2) is 7.41. The molecule has 5 heteroatoms. The molecule has 1 heterocycles. The van der Waals surface area contributed by atoms with Gasteiger partial charge in [-0.25, -0.2) is 0 Å². The predicted molar refractivity (Wildman–Crippen MR) is 73.0 cm³/mol. The van der Waals surface area contributed by atoms with Gasteiger partial charge >= 0.3 is 5.97 Å². The Bertz CT molecular complexity index is 363. The van der Waals surface area contributed by atoms with E-state index in [1.165, 1.54) is 30.6 Å². The van der Waals surface area contributed by atoms with E-state index in [0.717, 1.165) is 12.7 Å². The number of ether oxygens (including phenoxy) is 1. The second-order valence-corrected chi connectivity index (χ2v) is 5.74. The normalized spacial score (nSPS) is 23.3. The number of nitrogens with zero attached hydrogens (tertiary/aromatic N) is 1. The van der Waals surface area contributed by atoms with Crippen LogP contribution in [0.25, 0.3) is 0 Å². The van der Waals surface area contributed by atoms with Gasteiger partial charge in [-0.15, -0.1) is 0 Å². The van der Waals surface area contributed by atoms with Crippen LogP contribution in [0.5, 0.6) is 0 Å². The van der Waals surface area contributed by atoms with Crippen LogP contribution in [0.15, 0.2) is 0 Å². The van der Waals surface area contributed by atoms with Crippen LogP contribution in [0.3, 0.4) is 0 Å². The van der Waals surface area contributed by atoms with Crippen molar-refractivity contribution in [1.82, 2.24) is 4.90 Å². The van der Waals surface area contributed by atoms with Gasteiger partial charge in [0.05, 0.1) is 12.6 Å². The number of likely N-dealkylation sites (tertiary alicyclic amines) is 1. The number of amides is 1. The maximum absolute atomic E-state index is 11.6. The largest absolute Gasteiger partial charge is 0.464 e. The molecule has 1 atom stereocenters. The summed E-state index contributed by atoms with van der Waals surface area (Å²) in [7, 11) is 0. The number of carbonyl (C=O) groups is 3. The van der Waals surface area contributed by atoms with Crippen LogP contribution in [0.1, 0.15) is 51.4 Å². The summed E-state index contributed by atoms with van der Waals surface area (Å²) in [6, 6.07) is -0.334. The lowest BCUT2D eigenvalue weighted by Gasteiger charge is -2.20. The number of hydrogen-bond acceptors (Lipinski definition) is 4. The summed E-state index contributed by atoms with van der Waals surface area (Å²) in [6.07, 6.45) is 8.21. The third-order valence-corrected chi connectivity index (χ3v) is 4.36. The van der Waals surface area contributed by atoms with E-state index in [1.54, 1.807) is 0 Å². The molecule has 112 valence electrons. The Morgan fingerprint density at radius 2 is 2.05 bits per heavy atom. The Morgan fingerprint density at radius 3 is 2.75 bits per heavy atom. The van der Waals surface area contributed by atoms with Crippen molar-refractivity contribution in [2.24, 2.45) is 5.92 Å².